The van der Waals surface area contributed by atoms with Crippen LogP contribution in [0.3, 0.4) is 0 Å². The summed E-state index contributed by atoms with van der Waals surface area (Å²) >= 11 is 0. The van der Waals surface area contributed by atoms with Gasteiger partial charge in [0, 0.05) is 52.5 Å². The molecule has 0 aromatic rings. The molecule has 2 heterocycles. The standard InChI is InChI=1S/C18H36N4O2.HI/c1-4-19-18(20-15-16(2)22-9-13-24-14-10-22)21(3)8-5-17-6-11-23-12-7-17;/h16-17H,4-15H2,1-3H3,(H,19,20);1H. The molecule has 2 aliphatic rings. The fourth-order valence-electron chi connectivity index (χ4n) is 3.34. The van der Waals surface area contributed by atoms with Crippen molar-refractivity contribution in [3.8, 4) is 0 Å². The smallest absolute Gasteiger partial charge is 0.193 e. The number of guanidine groups is 1. The Balaban J connectivity index is 0.00000312. The first kappa shape index (κ1) is 22.9. The fraction of sp³-hybridized carbons (Fsp3) is 0.944. The SMILES string of the molecule is CCNC(=NCC(C)N1CCOCC1)N(C)CCC1CCOCC1.I. The molecule has 1 N–H and O–H groups in total. The zero-order valence-corrected chi connectivity index (χ0v) is 18.5. The van der Waals surface area contributed by atoms with Gasteiger partial charge in [0.1, 0.15) is 0 Å². The second-order valence-electron chi connectivity index (χ2n) is 6.96. The summed E-state index contributed by atoms with van der Waals surface area (Å²) < 4.78 is 10.9. The van der Waals surface area contributed by atoms with Crippen molar-refractivity contribution < 1.29 is 9.47 Å². The molecule has 25 heavy (non-hydrogen) atoms. The van der Waals surface area contributed by atoms with Gasteiger partial charge in [0.25, 0.3) is 0 Å². The second-order valence-corrected chi connectivity index (χ2v) is 6.96. The van der Waals surface area contributed by atoms with Crippen molar-refractivity contribution in [2.75, 3.05) is 66.2 Å². The lowest BCUT2D eigenvalue weighted by molar-refractivity contribution is 0.0220. The number of aliphatic imine (C=N–C) groups is 1. The van der Waals surface area contributed by atoms with Gasteiger partial charge in [-0.3, -0.25) is 9.89 Å². The maximum atomic E-state index is 5.45. The van der Waals surface area contributed by atoms with Gasteiger partial charge in [0.05, 0.1) is 19.8 Å². The van der Waals surface area contributed by atoms with E-state index in [-0.39, 0.29) is 24.0 Å². The van der Waals surface area contributed by atoms with Crippen molar-refractivity contribution in [3.63, 3.8) is 0 Å². The topological polar surface area (TPSA) is 49.3 Å². The van der Waals surface area contributed by atoms with Crippen LogP contribution in [0, 0.1) is 5.92 Å². The molecule has 0 bridgehead atoms. The highest BCUT2D eigenvalue weighted by atomic mass is 127. The van der Waals surface area contributed by atoms with Crippen LogP contribution in [0.25, 0.3) is 0 Å². The monoisotopic (exact) mass is 468 g/mol. The van der Waals surface area contributed by atoms with Crippen LogP contribution in [-0.4, -0.2) is 88.0 Å². The highest BCUT2D eigenvalue weighted by Crippen LogP contribution is 2.18. The van der Waals surface area contributed by atoms with Crippen molar-refractivity contribution in [2.45, 2.75) is 39.2 Å². The Morgan fingerprint density at radius 2 is 1.84 bits per heavy atom. The lowest BCUT2D eigenvalue weighted by Crippen LogP contribution is -2.45. The van der Waals surface area contributed by atoms with Gasteiger partial charge in [-0.25, -0.2) is 0 Å². The summed E-state index contributed by atoms with van der Waals surface area (Å²) in [5.41, 5.74) is 0. The first-order valence-corrected chi connectivity index (χ1v) is 9.59. The number of nitrogens with zero attached hydrogens (tertiary/aromatic N) is 3. The molecule has 0 aliphatic carbocycles. The molecule has 0 aromatic heterocycles. The first-order chi connectivity index (χ1) is 11.7. The number of hydrogen-bond acceptors (Lipinski definition) is 4. The minimum Gasteiger partial charge on any atom is -0.381 e. The number of halogens is 1. The third-order valence-electron chi connectivity index (χ3n) is 5.08. The van der Waals surface area contributed by atoms with E-state index >= 15 is 0 Å². The summed E-state index contributed by atoms with van der Waals surface area (Å²) in [6.45, 7) is 12.8. The van der Waals surface area contributed by atoms with Crippen LogP contribution >= 0.6 is 24.0 Å². The molecule has 148 valence electrons. The van der Waals surface area contributed by atoms with E-state index in [1.54, 1.807) is 0 Å². The fourth-order valence-corrected chi connectivity index (χ4v) is 3.34. The molecule has 0 aromatic carbocycles. The van der Waals surface area contributed by atoms with Gasteiger partial charge in [-0.05, 0) is 39.0 Å². The zero-order valence-electron chi connectivity index (χ0n) is 16.2. The Kier molecular flexibility index (Phi) is 12.0. The lowest BCUT2D eigenvalue weighted by Gasteiger charge is -2.32. The normalized spacial score (nSPS) is 21.5. The third-order valence-corrected chi connectivity index (χ3v) is 5.08. The first-order valence-electron chi connectivity index (χ1n) is 9.59. The highest BCUT2D eigenvalue weighted by Gasteiger charge is 2.18. The average molecular weight is 468 g/mol. The summed E-state index contributed by atoms with van der Waals surface area (Å²) in [7, 11) is 2.15. The maximum absolute atomic E-state index is 5.45. The Hall–Kier alpha value is -0.120. The summed E-state index contributed by atoms with van der Waals surface area (Å²) in [5.74, 6) is 1.83. The maximum Gasteiger partial charge on any atom is 0.193 e. The molecular weight excluding hydrogens is 431 g/mol. The molecule has 2 aliphatic heterocycles. The predicted molar refractivity (Wildman–Crippen MR) is 114 cm³/mol. The van der Waals surface area contributed by atoms with Crippen LogP contribution < -0.4 is 5.32 Å². The van der Waals surface area contributed by atoms with Gasteiger partial charge in [-0.15, -0.1) is 24.0 Å². The second kappa shape index (κ2) is 13.1. The summed E-state index contributed by atoms with van der Waals surface area (Å²) in [4.78, 5) is 9.63. The summed E-state index contributed by atoms with van der Waals surface area (Å²) in [5, 5.41) is 3.44. The molecule has 2 rings (SSSR count). The molecule has 2 fully saturated rings. The van der Waals surface area contributed by atoms with E-state index in [4.69, 9.17) is 14.5 Å². The highest BCUT2D eigenvalue weighted by molar-refractivity contribution is 14.0. The zero-order chi connectivity index (χ0) is 17.2. The van der Waals surface area contributed by atoms with Gasteiger partial charge in [-0.1, -0.05) is 0 Å². The number of hydrogen-bond donors (Lipinski definition) is 1. The minimum absolute atomic E-state index is 0. The van der Waals surface area contributed by atoms with Crippen LogP contribution in [-0.2, 0) is 9.47 Å². The van der Waals surface area contributed by atoms with Gasteiger partial charge < -0.3 is 19.7 Å². The number of ether oxygens (including phenoxy) is 2. The molecule has 0 radical (unpaired) electrons. The van der Waals surface area contributed by atoms with E-state index in [0.29, 0.717) is 6.04 Å². The van der Waals surface area contributed by atoms with Crippen molar-refractivity contribution in [2.24, 2.45) is 10.9 Å². The van der Waals surface area contributed by atoms with E-state index < -0.39 is 0 Å². The number of morpholine rings is 1. The van der Waals surface area contributed by atoms with Crippen molar-refractivity contribution in [1.82, 2.24) is 15.1 Å². The van der Waals surface area contributed by atoms with E-state index in [9.17, 15) is 0 Å². The van der Waals surface area contributed by atoms with Crippen LogP contribution in [0.1, 0.15) is 33.1 Å². The molecule has 0 saturated carbocycles. The van der Waals surface area contributed by atoms with Gasteiger partial charge in [0.15, 0.2) is 5.96 Å². The van der Waals surface area contributed by atoms with E-state index in [1.165, 1.54) is 19.3 Å². The molecule has 1 unspecified atom stereocenters. The van der Waals surface area contributed by atoms with E-state index in [1.807, 2.05) is 0 Å². The third kappa shape index (κ3) is 8.41. The predicted octanol–water partition coefficient (Wildman–Crippen LogP) is 2.04. The molecular formula is C18H37IN4O2. The summed E-state index contributed by atoms with van der Waals surface area (Å²) in [6.07, 6.45) is 3.63. The van der Waals surface area contributed by atoms with Crippen molar-refractivity contribution >= 4 is 29.9 Å². The van der Waals surface area contributed by atoms with Crippen LogP contribution in [0.5, 0.6) is 0 Å². The van der Waals surface area contributed by atoms with E-state index in [0.717, 1.165) is 71.0 Å². The Morgan fingerprint density at radius 1 is 1.20 bits per heavy atom. The molecule has 0 spiro atoms. The molecule has 6 nitrogen and oxygen atoms in total. The minimum atomic E-state index is 0. The van der Waals surface area contributed by atoms with Gasteiger partial charge in [-0.2, -0.15) is 0 Å². The number of rotatable bonds is 7. The van der Waals surface area contributed by atoms with Crippen molar-refractivity contribution in [1.29, 1.82) is 0 Å². The molecule has 0 amide bonds. The van der Waals surface area contributed by atoms with Crippen LogP contribution in [0.4, 0.5) is 0 Å². The Bertz CT molecular complexity index is 372. The quantitative estimate of drug-likeness (QED) is 0.352. The Labute approximate surface area is 170 Å². The summed E-state index contributed by atoms with van der Waals surface area (Å²) in [6, 6.07) is 0.464. The molecule has 2 saturated heterocycles. The average Bonchev–Trinajstić information content (AvgIpc) is 2.64. The van der Waals surface area contributed by atoms with Crippen LogP contribution in [0.2, 0.25) is 0 Å². The van der Waals surface area contributed by atoms with E-state index in [2.05, 4.69) is 36.0 Å². The largest absolute Gasteiger partial charge is 0.381 e. The van der Waals surface area contributed by atoms with Crippen LogP contribution in [0.15, 0.2) is 4.99 Å². The van der Waals surface area contributed by atoms with Gasteiger partial charge in [0.2, 0.25) is 0 Å². The lowest BCUT2D eigenvalue weighted by atomic mass is 9.96. The Morgan fingerprint density at radius 3 is 2.48 bits per heavy atom. The van der Waals surface area contributed by atoms with Crippen molar-refractivity contribution in [3.05, 3.63) is 0 Å². The van der Waals surface area contributed by atoms with Gasteiger partial charge >= 0.3 is 0 Å². The number of nitrogens with one attached hydrogen (secondary N) is 1. The molecule has 1 atom stereocenters. The molecule has 7 heteroatoms.